The van der Waals surface area contributed by atoms with E-state index in [0.29, 0.717) is 30.8 Å². The van der Waals surface area contributed by atoms with Gasteiger partial charge >= 0.3 is 5.97 Å². The van der Waals surface area contributed by atoms with Crippen LogP contribution in [-0.2, 0) is 16.0 Å². The summed E-state index contributed by atoms with van der Waals surface area (Å²) in [4.78, 5) is 23.8. The van der Waals surface area contributed by atoms with E-state index < -0.39 is 17.4 Å². The van der Waals surface area contributed by atoms with Gasteiger partial charge in [0.1, 0.15) is 5.54 Å². The van der Waals surface area contributed by atoms with Crippen LogP contribution in [0.3, 0.4) is 0 Å². The first kappa shape index (κ1) is 18.8. The van der Waals surface area contributed by atoms with Crippen LogP contribution in [0.1, 0.15) is 37.7 Å². The smallest absolute Gasteiger partial charge is 0.329 e. The molecule has 0 heterocycles. The SMILES string of the molecule is C=CCc1ccc(OCC(=O)NC2(C(=O)O)CCCCC2)c(OC)c1. The highest BCUT2D eigenvalue weighted by atomic mass is 16.5. The number of nitrogens with one attached hydrogen (secondary N) is 1. The molecule has 25 heavy (non-hydrogen) atoms. The molecule has 1 aliphatic rings. The van der Waals surface area contributed by atoms with Crippen molar-refractivity contribution in [3.63, 3.8) is 0 Å². The van der Waals surface area contributed by atoms with Crippen molar-refractivity contribution in [2.45, 2.75) is 44.1 Å². The zero-order valence-corrected chi connectivity index (χ0v) is 14.5. The van der Waals surface area contributed by atoms with Crippen molar-refractivity contribution >= 4 is 11.9 Å². The van der Waals surface area contributed by atoms with Crippen molar-refractivity contribution in [3.8, 4) is 11.5 Å². The summed E-state index contributed by atoms with van der Waals surface area (Å²) in [6.45, 7) is 3.44. The van der Waals surface area contributed by atoms with E-state index in [9.17, 15) is 14.7 Å². The molecule has 0 atom stereocenters. The summed E-state index contributed by atoms with van der Waals surface area (Å²) in [7, 11) is 1.53. The van der Waals surface area contributed by atoms with Gasteiger partial charge in [0.2, 0.25) is 0 Å². The number of ether oxygens (including phenoxy) is 2. The number of methoxy groups -OCH3 is 1. The molecule has 0 saturated heterocycles. The molecular weight excluding hydrogens is 322 g/mol. The van der Waals surface area contributed by atoms with Crippen LogP contribution in [0.2, 0.25) is 0 Å². The molecule has 1 aromatic rings. The van der Waals surface area contributed by atoms with Gasteiger partial charge in [0.05, 0.1) is 7.11 Å². The third kappa shape index (κ3) is 4.75. The first-order valence-corrected chi connectivity index (χ1v) is 8.46. The van der Waals surface area contributed by atoms with E-state index in [-0.39, 0.29) is 6.61 Å². The molecule has 0 aliphatic heterocycles. The van der Waals surface area contributed by atoms with Crippen molar-refractivity contribution < 1.29 is 24.2 Å². The molecule has 1 aromatic carbocycles. The average Bonchev–Trinajstić information content (AvgIpc) is 2.61. The minimum atomic E-state index is -1.17. The zero-order chi connectivity index (χ0) is 18.3. The summed E-state index contributed by atoms with van der Waals surface area (Å²) < 4.78 is 10.8. The van der Waals surface area contributed by atoms with Gasteiger partial charge in [-0.2, -0.15) is 0 Å². The number of carboxylic acid groups (broad SMARTS) is 1. The Kier molecular flexibility index (Phi) is 6.44. The molecule has 136 valence electrons. The van der Waals surface area contributed by atoms with Gasteiger partial charge in [0, 0.05) is 0 Å². The van der Waals surface area contributed by atoms with Crippen molar-refractivity contribution in [2.75, 3.05) is 13.7 Å². The Morgan fingerprint density at radius 2 is 2.00 bits per heavy atom. The van der Waals surface area contributed by atoms with E-state index in [1.807, 2.05) is 12.1 Å². The highest BCUT2D eigenvalue weighted by Crippen LogP contribution is 2.30. The molecule has 1 saturated carbocycles. The quantitative estimate of drug-likeness (QED) is 0.706. The molecule has 0 spiro atoms. The Labute approximate surface area is 147 Å². The molecule has 0 aromatic heterocycles. The van der Waals surface area contributed by atoms with E-state index in [1.165, 1.54) is 7.11 Å². The Hall–Kier alpha value is -2.50. The van der Waals surface area contributed by atoms with Gasteiger partial charge in [-0.3, -0.25) is 4.79 Å². The second-order valence-electron chi connectivity index (χ2n) is 6.26. The number of benzene rings is 1. The fraction of sp³-hybridized carbons (Fsp3) is 0.474. The van der Waals surface area contributed by atoms with E-state index in [0.717, 1.165) is 24.8 Å². The van der Waals surface area contributed by atoms with Crippen LogP contribution < -0.4 is 14.8 Å². The van der Waals surface area contributed by atoms with Crippen LogP contribution in [0.15, 0.2) is 30.9 Å². The van der Waals surface area contributed by atoms with E-state index >= 15 is 0 Å². The molecular formula is C19H25NO5. The summed E-state index contributed by atoms with van der Waals surface area (Å²) in [6.07, 6.45) is 5.99. The third-order valence-electron chi connectivity index (χ3n) is 4.46. The summed E-state index contributed by atoms with van der Waals surface area (Å²) in [5.74, 6) is -0.454. The topological polar surface area (TPSA) is 84.9 Å². The van der Waals surface area contributed by atoms with Crippen molar-refractivity contribution in [1.82, 2.24) is 5.32 Å². The first-order chi connectivity index (χ1) is 12.0. The number of hydrogen-bond acceptors (Lipinski definition) is 4. The van der Waals surface area contributed by atoms with Gasteiger partial charge in [-0.05, 0) is 37.0 Å². The van der Waals surface area contributed by atoms with Crippen LogP contribution >= 0.6 is 0 Å². The summed E-state index contributed by atoms with van der Waals surface area (Å²) in [6, 6.07) is 5.44. The van der Waals surface area contributed by atoms with E-state index in [2.05, 4.69) is 11.9 Å². The maximum atomic E-state index is 12.2. The number of aliphatic carboxylic acids is 1. The molecule has 6 heteroatoms. The maximum Gasteiger partial charge on any atom is 0.329 e. The molecule has 6 nitrogen and oxygen atoms in total. The number of rotatable bonds is 8. The Morgan fingerprint density at radius 1 is 1.28 bits per heavy atom. The molecule has 2 N–H and O–H groups in total. The number of amides is 1. The number of carbonyl (C=O) groups excluding carboxylic acids is 1. The molecule has 2 rings (SSSR count). The minimum absolute atomic E-state index is 0.258. The van der Waals surface area contributed by atoms with E-state index in [1.54, 1.807) is 12.1 Å². The lowest BCUT2D eigenvalue weighted by molar-refractivity contribution is -0.149. The van der Waals surface area contributed by atoms with Gasteiger partial charge < -0.3 is 19.9 Å². The maximum absolute atomic E-state index is 12.2. The van der Waals surface area contributed by atoms with Crippen molar-refractivity contribution in [3.05, 3.63) is 36.4 Å². The second kappa shape index (κ2) is 8.55. The number of carboxylic acids is 1. The van der Waals surface area contributed by atoms with Crippen LogP contribution in [0.4, 0.5) is 0 Å². The second-order valence-corrected chi connectivity index (χ2v) is 6.26. The molecule has 1 fully saturated rings. The standard InChI is InChI=1S/C19H25NO5/c1-3-7-14-8-9-15(16(12-14)24-2)25-13-17(21)20-19(18(22)23)10-5-4-6-11-19/h3,8-9,12H,1,4-7,10-11,13H2,2H3,(H,20,21)(H,22,23). The summed E-state index contributed by atoms with van der Waals surface area (Å²) in [5.41, 5.74) is -0.146. The first-order valence-electron chi connectivity index (χ1n) is 8.46. The lowest BCUT2D eigenvalue weighted by Gasteiger charge is -2.33. The Balaban J connectivity index is 1.99. The van der Waals surface area contributed by atoms with Gasteiger partial charge in [-0.25, -0.2) is 4.79 Å². The lowest BCUT2D eigenvalue weighted by Crippen LogP contribution is -2.56. The minimum Gasteiger partial charge on any atom is -0.493 e. The Morgan fingerprint density at radius 3 is 2.60 bits per heavy atom. The summed E-state index contributed by atoms with van der Waals surface area (Å²) >= 11 is 0. The average molecular weight is 347 g/mol. The number of allylic oxidation sites excluding steroid dienone is 1. The van der Waals surface area contributed by atoms with Crippen LogP contribution in [0, 0.1) is 0 Å². The van der Waals surface area contributed by atoms with Gasteiger partial charge in [-0.15, -0.1) is 6.58 Å². The zero-order valence-electron chi connectivity index (χ0n) is 14.5. The molecule has 1 amide bonds. The molecule has 1 aliphatic carbocycles. The third-order valence-corrected chi connectivity index (χ3v) is 4.46. The normalized spacial score (nSPS) is 15.9. The summed E-state index contributed by atoms with van der Waals surface area (Å²) in [5, 5.41) is 12.2. The predicted octanol–water partition coefficient (Wildman–Crippen LogP) is 2.71. The van der Waals surface area contributed by atoms with Gasteiger partial charge in [0.15, 0.2) is 18.1 Å². The predicted molar refractivity (Wildman–Crippen MR) is 94.0 cm³/mol. The fourth-order valence-corrected chi connectivity index (χ4v) is 3.12. The Bertz CT molecular complexity index is 635. The van der Waals surface area contributed by atoms with Crippen LogP contribution in [0.25, 0.3) is 0 Å². The number of carbonyl (C=O) groups is 2. The molecule has 0 unspecified atom stereocenters. The monoisotopic (exact) mass is 347 g/mol. The van der Waals surface area contributed by atoms with Crippen molar-refractivity contribution in [1.29, 1.82) is 0 Å². The largest absolute Gasteiger partial charge is 0.493 e. The molecule has 0 bridgehead atoms. The van der Waals surface area contributed by atoms with E-state index in [4.69, 9.17) is 9.47 Å². The molecule has 0 radical (unpaired) electrons. The highest BCUT2D eigenvalue weighted by molar-refractivity contribution is 5.87. The lowest BCUT2D eigenvalue weighted by atomic mass is 9.81. The highest BCUT2D eigenvalue weighted by Gasteiger charge is 2.40. The van der Waals surface area contributed by atoms with Crippen molar-refractivity contribution in [2.24, 2.45) is 0 Å². The fourth-order valence-electron chi connectivity index (χ4n) is 3.12. The number of hydrogen-bond donors (Lipinski definition) is 2. The van der Waals surface area contributed by atoms with Crippen LogP contribution in [-0.4, -0.2) is 36.2 Å². The van der Waals surface area contributed by atoms with Gasteiger partial charge in [0.25, 0.3) is 5.91 Å². The van der Waals surface area contributed by atoms with Crippen LogP contribution in [0.5, 0.6) is 11.5 Å². The van der Waals surface area contributed by atoms with Gasteiger partial charge in [-0.1, -0.05) is 31.4 Å².